The smallest absolute Gasteiger partial charge is 0.416 e. The molecule has 0 radical (unpaired) electrons. The van der Waals surface area contributed by atoms with E-state index < -0.39 is 36.2 Å². The summed E-state index contributed by atoms with van der Waals surface area (Å²) in [5, 5.41) is 14.2. The first-order chi connectivity index (χ1) is 14.8. The fourth-order valence-corrected chi connectivity index (χ4v) is 2.73. The number of rotatable bonds is 7. The molecular formula is C21H19F3N2O5. The van der Waals surface area contributed by atoms with E-state index in [0.717, 1.165) is 12.1 Å². The molecule has 0 spiro atoms. The van der Waals surface area contributed by atoms with E-state index in [0.29, 0.717) is 22.6 Å². The SMILES string of the molecule is O=C(C=Cc1ccc2c(c1)OCO2)NC(CO)C(=O)NCc1ccc(C(F)(F)F)cc1. The van der Waals surface area contributed by atoms with Gasteiger partial charge in [0, 0.05) is 12.6 Å². The van der Waals surface area contributed by atoms with Gasteiger partial charge in [0.05, 0.1) is 12.2 Å². The largest absolute Gasteiger partial charge is 0.454 e. The van der Waals surface area contributed by atoms with Gasteiger partial charge in [-0.1, -0.05) is 18.2 Å². The molecule has 0 aromatic heterocycles. The number of nitrogens with one attached hydrogen (secondary N) is 2. The molecule has 0 aliphatic carbocycles. The van der Waals surface area contributed by atoms with Crippen LogP contribution in [0.25, 0.3) is 6.08 Å². The number of ether oxygens (including phenoxy) is 2. The van der Waals surface area contributed by atoms with E-state index in [1.807, 2.05) is 0 Å². The Hall–Kier alpha value is -3.53. The number of carbonyl (C=O) groups is 2. The van der Waals surface area contributed by atoms with Crippen molar-refractivity contribution in [2.45, 2.75) is 18.8 Å². The third-order valence-electron chi connectivity index (χ3n) is 4.39. The van der Waals surface area contributed by atoms with E-state index in [9.17, 15) is 27.9 Å². The Morgan fingerprint density at radius 3 is 2.48 bits per heavy atom. The van der Waals surface area contributed by atoms with Crippen LogP contribution in [-0.2, 0) is 22.3 Å². The molecule has 3 N–H and O–H groups in total. The predicted molar refractivity (Wildman–Crippen MR) is 104 cm³/mol. The summed E-state index contributed by atoms with van der Waals surface area (Å²) in [5.41, 5.74) is 0.316. The van der Waals surface area contributed by atoms with Gasteiger partial charge in [0.25, 0.3) is 0 Å². The average molecular weight is 436 g/mol. The standard InChI is InChI=1S/C21H19F3N2O5/c22-21(23,24)15-5-1-14(2-6-15)10-25-20(29)16(11-27)26-19(28)8-4-13-3-7-17-18(9-13)31-12-30-17/h1-9,16,27H,10-12H2,(H,25,29)(H,26,28). The first-order valence-corrected chi connectivity index (χ1v) is 9.19. The molecule has 3 rings (SSSR count). The Bertz CT molecular complexity index is 974. The molecule has 1 atom stereocenters. The van der Waals surface area contributed by atoms with Crippen molar-refractivity contribution in [3.05, 3.63) is 65.2 Å². The van der Waals surface area contributed by atoms with Crippen LogP contribution in [0.5, 0.6) is 11.5 Å². The first-order valence-electron chi connectivity index (χ1n) is 9.19. The summed E-state index contributed by atoms with van der Waals surface area (Å²) < 4.78 is 48.2. The zero-order valence-electron chi connectivity index (χ0n) is 16.1. The molecule has 2 aromatic rings. The highest BCUT2D eigenvalue weighted by Gasteiger charge is 2.30. The molecule has 1 aliphatic rings. The average Bonchev–Trinajstić information content (AvgIpc) is 3.22. The summed E-state index contributed by atoms with van der Waals surface area (Å²) in [5.74, 6) is -0.126. The second-order valence-electron chi connectivity index (χ2n) is 6.60. The van der Waals surface area contributed by atoms with Crippen molar-refractivity contribution in [3.63, 3.8) is 0 Å². The zero-order valence-corrected chi connectivity index (χ0v) is 16.1. The van der Waals surface area contributed by atoms with Gasteiger partial charge in [0.2, 0.25) is 18.6 Å². The van der Waals surface area contributed by atoms with E-state index in [-0.39, 0.29) is 13.3 Å². The topological polar surface area (TPSA) is 96.9 Å². The molecule has 10 heteroatoms. The monoisotopic (exact) mass is 436 g/mol. The molecule has 1 unspecified atom stereocenters. The van der Waals surface area contributed by atoms with E-state index in [1.54, 1.807) is 18.2 Å². The van der Waals surface area contributed by atoms with Gasteiger partial charge in [0.15, 0.2) is 11.5 Å². The van der Waals surface area contributed by atoms with Gasteiger partial charge in [-0.3, -0.25) is 9.59 Å². The normalized spacial score (nSPS) is 13.8. The summed E-state index contributed by atoms with van der Waals surface area (Å²) in [6.45, 7) is -0.582. The molecule has 1 heterocycles. The van der Waals surface area contributed by atoms with Crippen molar-refractivity contribution in [2.24, 2.45) is 0 Å². The van der Waals surface area contributed by atoms with Crippen LogP contribution in [0.15, 0.2) is 48.5 Å². The van der Waals surface area contributed by atoms with Gasteiger partial charge in [0.1, 0.15) is 6.04 Å². The van der Waals surface area contributed by atoms with Crippen molar-refractivity contribution >= 4 is 17.9 Å². The quantitative estimate of drug-likeness (QED) is 0.579. The number of alkyl halides is 3. The molecule has 0 fully saturated rings. The van der Waals surface area contributed by atoms with E-state index >= 15 is 0 Å². The summed E-state index contributed by atoms with van der Waals surface area (Å²) in [7, 11) is 0. The lowest BCUT2D eigenvalue weighted by atomic mass is 10.1. The van der Waals surface area contributed by atoms with Gasteiger partial charge in [-0.25, -0.2) is 0 Å². The first kappa shape index (κ1) is 22.2. The molecule has 7 nitrogen and oxygen atoms in total. The van der Waals surface area contributed by atoms with Crippen LogP contribution >= 0.6 is 0 Å². The molecule has 31 heavy (non-hydrogen) atoms. The predicted octanol–water partition coefficient (Wildman–Crippen LogP) is 2.24. The van der Waals surface area contributed by atoms with Crippen molar-refractivity contribution < 1.29 is 37.3 Å². The van der Waals surface area contributed by atoms with E-state index in [2.05, 4.69) is 10.6 Å². The highest BCUT2D eigenvalue weighted by molar-refractivity contribution is 5.95. The Labute approximate surface area is 175 Å². The van der Waals surface area contributed by atoms with Gasteiger partial charge in [-0.05, 0) is 41.5 Å². The third-order valence-corrected chi connectivity index (χ3v) is 4.39. The molecular weight excluding hydrogens is 417 g/mol. The van der Waals surface area contributed by atoms with Crippen LogP contribution in [0.1, 0.15) is 16.7 Å². The van der Waals surface area contributed by atoms with E-state index in [1.165, 1.54) is 24.3 Å². The molecule has 0 saturated carbocycles. The minimum absolute atomic E-state index is 0.0592. The maximum absolute atomic E-state index is 12.6. The van der Waals surface area contributed by atoms with Crippen molar-refractivity contribution in [1.82, 2.24) is 10.6 Å². The zero-order chi connectivity index (χ0) is 22.4. The number of hydrogen-bond donors (Lipinski definition) is 3. The molecule has 0 bridgehead atoms. The Kier molecular flexibility index (Phi) is 6.81. The van der Waals surface area contributed by atoms with Crippen LogP contribution in [0.2, 0.25) is 0 Å². The van der Waals surface area contributed by atoms with Crippen LogP contribution in [0.3, 0.4) is 0 Å². The number of halogens is 3. The molecule has 0 saturated heterocycles. The Morgan fingerprint density at radius 1 is 1.10 bits per heavy atom. The second-order valence-corrected chi connectivity index (χ2v) is 6.60. The lowest BCUT2D eigenvalue weighted by Crippen LogP contribution is -2.48. The summed E-state index contributed by atoms with van der Waals surface area (Å²) >= 11 is 0. The van der Waals surface area contributed by atoms with Crippen molar-refractivity contribution in [1.29, 1.82) is 0 Å². The van der Waals surface area contributed by atoms with Crippen LogP contribution in [-0.4, -0.2) is 36.4 Å². The van der Waals surface area contributed by atoms with Gasteiger partial charge in [-0.2, -0.15) is 13.2 Å². The molecule has 2 aromatic carbocycles. The number of aliphatic hydroxyl groups is 1. The van der Waals surface area contributed by atoms with Gasteiger partial charge in [-0.15, -0.1) is 0 Å². The Morgan fingerprint density at radius 2 is 1.81 bits per heavy atom. The fraction of sp³-hybridized carbons (Fsp3) is 0.238. The molecule has 164 valence electrons. The number of aliphatic hydroxyl groups excluding tert-OH is 1. The van der Waals surface area contributed by atoms with Crippen LogP contribution in [0.4, 0.5) is 13.2 Å². The third kappa shape index (κ3) is 5.98. The van der Waals surface area contributed by atoms with Crippen LogP contribution in [0, 0.1) is 0 Å². The minimum atomic E-state index is -4.44. The molecule has 2 amide bonds. The number of hydrogen-bond acceptors (Lipinski definition) is 5. The van der Waals surface area contributed by atoms with Gasteiger partial charge < -0.3 is 25.2 Å². The number of fused-ring (bicyclic) bond motifs is 1. The Balaban J connectivity index is 1.51. The highest BCUT2D eigenvalue weighted by Crippen LogP contribution is 2.32. The lowest BCUT2D eigenvalue weighted by molar-refractivity contribution is -0.137. The summed E-state index contributed by atoms with van der Waals surface area (Å²) in [6.07, 6.45) is -1.74. The van der Waals surface area contributed by atoms with E-state index in [4.69, 9.17) is 9.47 Å². The van der Waals surface area contributed by atoms with Gasteiger partial charge >= 0.3 is 6.18 Å². The summed E-state index contributed by atoms with van der Waals surface area (Å²) in [4.78, 5) is 24.3. The second kappa shape index (κ2) is 9.52. The number of carbonyl (C=O) groups excluding carboxylic acids is 2. The summed E-state index contributed by atoms with van der Waals surface area (Å²) in [6, 6.07) is 8.19. The maximum atomic E-state index is 12.6. The van der Waals surface area contributed by atoms with Crippen molar-refractivity contribution in [2.75, 3.05) is 13.4 Å². The van der Waals surface area contributed by atoms with Crippen LogP contribution < -0.4 is 20.1 Å². The maximum Gasteiger partial charge on any atom is 0.416 e. The highest BCUT2D eigenvalue weighted by atomic mass is 19.4. The minimum Gasteiger partial charge on any atom is -0.454 e. The lowest BCUT2D eigenvalue weighted by Gasteiger charge is -2.15. The van der Waals surface area contributed by atoms with Crippen molar-refractivity contribution in [3.8, 4) is 11.5 Å². The number of benzene rings is 2. The fourth-order valence-electron chi connectivity index (χ4n) is 2.73. The molecule has 1 aliphatic heterocycles. The number of amides is 2.